The van der Waals surface area contributed by atoms with Gasteiger partial charge in [0, 0.05) is 18.6 Å². The summed E-state index contributed by atoms with van der Waals surface area (Å²) in [5, 5.41) is 4.61. The molecule has 0 bridgehead atoms. The SMILES string of the molecule is CC(C)CCN(C(=S)NC1CCCC1)C1CC1. The fraction of sp³-hybridized carbons (Fsp3) is 0.929. The van der Waals surface area contributed by atoms with Crippen LogP contribution in [-0.4, -0.2) is 28.6 Å². The maximum Gasteiger partial charge on any atom is 0.169 e. The van der Waals surface area contributed by atoms with Crippen LogP contribution < -0.4 is 5.32 Å². The number of thiocarbonyl (C=S) groups is 1. The molecule has 0 aromatic carbocycles. The minimum atomic E-state index is 0.655. The Morgan fingerprint density at radius 3 is 2.41 bits per heavy atom. The summed E-state index contributed by atoms with van der Waals surface area (Å²) in [5.74, 6) is 0.769. The zero-order valence-corrected chi connectivity index (χ0v) is 12.1. The lowest BCUT2D eigenvalue weighted by atomic mass is 10.1. The Morgan fingerprint density at radius 2 is 1.88 bits per heavy atom. The van der Waals surface area contributed by atoms with Gasteiger partial charge in [0.25, 0.3) is 0 Å². The van der Waals surface area contributed by atoms with Gasteiger partial charge >= 0.3 is 0 Å². The third-order valence-electron chi connectivity index (χ3n) is 3.88. The molecule has 2 rings (SSSR count). The third kappa shape index (κ3) is 4.13. The second-order valence-electron chi connectivity index (χ2n) is 6.04. The molecule has 17 heavy (non-hydrogen) atoms. The van der Waals surface area contributed by atoms with Crippen molar-refractivity contribution in [1.82, 2.24) is 10.2 Å². The number of rotatable bonds is 5. The van der Waals surface area contributed by atoms with Crippen molar-refractivity contribution in [2.75, 3.05) is 6.54 Å². The molecule has 0 spiro atoms. The highest BCUT2D eigenvalue weighted by Crippen LogP contribution is 2.28. The van der Waals surface area contributed by atoms with E-state index in [4.69, 9.17) is 12.2 Å². The highest BCUT2D eigenvalue weighted by atomic mass is 32.1. The van der Waals surface area contributed by atoms with Crippen LogP contribution in [0.5, 0.6) is 0 Å². The lowest BCUT2D eigenvalue weighted by Crippen LogP contribution is -2.45. The van der Waals surface area contributed by atoms with Gasteiger partial charge in [-0.15, -0.1) is 0 Å². The van der Waals surface area contributed by atoms with Crippen molar-refractivity contribution >= 4 is 17.3 Å². The Morgan fingerprint density at radius 1 is 1.24 bits per heavy atom. The normalized spacial score (nSPS) is 20.9. The first-order valence-electron chi connectivity index (χ1n) is 7.24. The third-order valence-corrected chi connectivity index (χ3v) is 4.23. The topological polar surface area (TPSA) is 15.3 Å². The summed E-state index contributed by atoms with van der Waals surface area (Å²) < 4.78 is 0. The van der Waals surface area contributed by atoms with Gasteiger partial charge in [0.2, 0.25) is 0 Å². The summed E-state index contributed by atoms with van der Waals surface area (Å²) in [6, 6.07) is 1.40. The second kappa shape index (κ2) is 6.03. The molecule has 2 fully saturated rings. The van der Waals surface area contributed by atoms with E-state index < -0.39 is 0 Å². The first-order chi connectivity index (χ1) is 8.16. The highest BCUT2D eigenvalue weighted by molar-refractivity contribution is 7.80. The van der Waals surface area contributed by atoms with Gasteiger partial charge in [-0.2, -0.15) is 0 Å². The van der Waals surface area contributed by atoms with Crippen LogP contribution in [0.1, 0.15) is 58.8 Å². The minimum Gasteiger partial charge on any atom is -0.360 e. The number of nitrogens with zero attached hydrogens (tertiary/aromatic N) is 1. The number of hydrogen-bond donors (Lipinski definition) is 1. The van der Waals surface area contributed by atoms with E-state index in [-0.39, 0.29) is 0 Å². The highest BCUT2D eigenvalue weighted by Gasteiger charge is 2.31. The maximum atomic E-state index is 5.60. The molecule has 0 heterocycles. The van der Waals surface area contributed by atoms with E-state index in [1.807, 2.05) is 0 Å². The van der Waals surface area contributed by atoms with E-state index in [0.717, 1.165) is 23.6 Å². The molecule has 0 radical (unpaired) electrons. The van der Waals surface area contributed by atoms with Gasteiger partial charge in [-0.1, -0.05) is 26.7 Å². The smallest absolute Gasteiger partial charge is 0.169 e. The van der Waals surface area contributed by atoms with Crippen LogP contribution in [0.15, 0.2) is 0 Å². The number of hydrogen-bond acceptors (Lipinski definition) is 1. The lowest BCUT2D eigenvalue weighted by molar-refractivity contribution is 0.362. The van der Waals surface area contributed by atoms with Crippen molar-refractivity contribution in [2.24, 2.45) is 5.92 Å². The summed E-state index contributed by atoms with van der Waals surface area (Å²) in [4.78, 5) is 2.45. The van der Waals surface area contributed by atoms with Crippen molar-refractivity contribution in [3.05, 3.63) is 0 Å². The molecule has 2 saturated carbocycles. The van der Waals surface area contributed by atoms with Crippen molar-refractivity contribution in [3.8, 4) is 0 Å². The fourth-order valence-electron chi connectivity index (χ4n) is 2.56. The molecule has 0 unspecified atom stereocenters. The summed E-state index contributed by atoms with van der Waals surface area (Å²) in [6.45, 7) is 5.72. The Hall–Kier alpha value is -0.310. The molecule has 2 aliphatic carbocycles. The van der Waals surface area contributed by atoms with Crippen LogP contribution in [0.3, 0.4) is 0 Å². The van der Waals surface area contributed by atoms with E-state index in [2.05, 4.69) is 24.1 Å². The standard InChI is InChI=1S/C14H26N2S/c1-11(2)9-10-16(13-7-8-13)14(17)15-12-5-3-4-6-12/h11-13H,3-10H2,1-2H3,(H,15,17). The second-order valence-corrected chi connectivity index (χ2v) is 6.42. The van der Waals surface area contributed by atoms with Crippen LogP contribution in [0.2, 0.25) is 0 Å². The van der Waals surface area contributed by atoms with Crippen molar-refractivity contribution in [2.45, 2.75) is 70.9 Å². The van der Waals surface area contributed by atoms with Gasteiger partial charge in [-0.25, -0.2) is 0 Å². The quantitative estimate of drug-likeness (QED) is 0.758. The lowest BCUT2D eigenvalue weighted by Gasteiger charge is -2.28. The van der Waals surface area contributed by atoms with Crippen molar-refractivity contribution < 1.29 is 0 Å². The van der Waals surface area contributed by atoms with Gasteiger partial charge in [0.15, 0.2) is 5.11 Å². The molecular formula is C14H26N2S. The van der Waals surface area contributed by atoms with Gasteiger partial charge in [-0.3, -0.25) is 0 Å². The van der Waals surface area contributed by atoms with Gasteiger partial charge in [-0.05, 0) is 50.2 Å². The zero-order chi connectivity index (χ0) is 12.3. The van der Waals surface area contributed by atoms with Crippen LogP contribution in [-0.2, 0) is 0 Å². The number of nitrogens with one attached hydrogen (secondary N) is 1. The molecule has 2 aliphatic rings. The molecule has 0 aromatic heterocycles. The molecular weight excluding hydrogens is 228 g/mol. The minimum absolute atomic E-state index is 0.655. The van der Waals surface area contributed by atoms with Gasteiger partial charge in [0.1, 0.15) is 0 Å². The predicted molar refractivity (Wildman–Crippen MR) is 77.2 cm³/mol. The van der Waals surface area contributed by atoms with Gasteiger partial charge in [0.05, 0.1) is 0 Å². The Kier molecular flexibility index (Phi) is 4.66. The average molecular weight is 254 g/mol. The Balaban J connectivity index is 1.79. The van der Waals surface area contributed by atoms with E-state index in [1.54, 1.807) is 0 Å². The van der Waals surface area contributed by atoms with Crippen LogP contribution in [0.25, 0.3) is 0 Å². The first kappa shape index (κ1) is 13.1. The summed E-state index contributed by atoms with van der Waals surface area (Å²) in [5.41, 5.74) is 0. The molecule has 0 aromatic rings. The Bertz CT molecular complexity index is 255. The molecule has 0 aliphatic heterocycles. The first-order valence-corrected chi connectivity index (χ1v) is 7.65. The fourth-order valence-corrected chi connectivity index (χ4v) is 2.97. The molecule has 0 saturated heterocycles. The summed E-state index contributed by atoms with van der Waals surface area (Å²) in [7, 11) is 0. The molecule has 0 amide bonds. The summed E-state index contributed by atoms with van der Waals surface area (Å²) >= 11 is 5.60. The molecule has 0 atom stereocenters. The van der Waals surface area contributed by atoms with E-state index in [1.165, 1.54) is 44.9 Å². The maximum absolute atomic E-state index is 5.60. The molecule has 2 nitrogen and oxygen atoms in total. The van der Waals surface area contributed by atoms with Crippen molar-refractivity contribution in [3.63, 3.8) is 0 Å². The molecule has 3 heteroatoms. The predicted octanol–water partition coefficient (Wildman–Crippen LogP) is 3.31. The molecule has 1 N–H and O–H groups in total. The van der Waals surface area contributed by atoms with E-state index >= 15 is 0 Å². The van der Waals surface area contributed by atoms with E-state index in [9.17, 15) is 0 Å². The van der Waals surface area contributed by atoms with Crippen LogP contribution in [0.4, 0.5) is 0 Å². The summed E-state index contributed by atoms with van der Waals surface area (Å²) in [6.07, 6.45) is 9.29. The largest absolute Gasteiger partial charge is 0.360 e. The monoisotopic (exact) mass is 254 g/mol. The van der Waals surface area contributed by atoms with Gasteiger partial charge < -0.3 is 10.2 Å². The zero-order valence-electron chi connectivity index (χ0n) is 11.2. The Labute approximate surface area is 111 Å². The van der Waals surface area contributed by atoms with Crippen molar-refractivity contribution in [1.29, 1.82) is 0 Å². The molecule has 98 valence electrons. The average Bonchev–Trinajstić information content (AvgIpc) is 2.97. The van der Waals surface area contributed by atoms with Crippen LogP contribution >= 0.6 is 12.2 Å². The van der Waals surface area contributed by atoms with Crippen LogP contribution in [0, 0.1) is 5.92 Å². The van der Waals surface area contributed by atoms with E-state index in [0.29, 0.717) is 6.04 Å².